The maximum Gasteiger partial charge on any atom is 0.389 e. The molecule has 144 valence electrons. The highest BCUT2D eigenvalue weighted by Crippen LogP contribution is 2.25. The molecule has 0 fully saturated rings. The van der Waals surface area contributed by atoms with Crippen molar-refractivity contribution in [2.24, 2.45) is 0 Å². The van der Waals surface area contributed by atoms with Gasteiger partial charge in [0.1, 0.15) is 5.41 Å². The average Bonchev–Trinajstić information content (AvgIpc) is 2.64. The van der Waals surface area contributed by atoms with E-state index in [0.29, 0.717) is 5.56 Å². The van der Waals surface area contributed by atoms with Gasteiger partial charge in [-0.2, -0.15) is 13.2 Å². The van der Waals surface area contributed by atoms with Gasteiger partial charge in [-0.15, -0.1) is 0 Å². The SMILES string of the molecule is CC(CNC(=O)c1ccccc1CCC(F)(F)F)(C(=O)O)c1ccccc1. The number of benzene rings is 2. The van der Waals surface area contributed by atoms with E-state index < -0.39 is 29.9 Å². The van der Waals surface area contributed by atoms with Crippen LogP contribution in [0.2, 0.25) is 0 Å². The molecule has 1 amide bonds. The van der Waals surface area contributed by atoms with Crippen molar-refractivity contribution in [3.8, 4) is 0 Å². The van der Waals surface area contributed by atoms with Gasteiger partial charge in [-0.1, -0.05) is 48.5 Å². The Morgan fingerprint density at radius 1 is 1.00 bits per heavy atom. The summed E-state index contributed by atoms with van der Waals surface area (Å²) in [6.07, 6.45) is -5.67. The minimum atomic E-state index is -4.32. The van der Waals surface area contributed by atoms with Crippen LogP contribution in [0, 0.1) is 0 Å². The van der Waals surface area contributed by atoms with E-state index in [4.69, 9.17) is 0 Å². The van der Waals surface area contributed by atoms with Crippen LogP contribution >= 0.6 is 0 Å². The lowest BCUT2D eigenvalue weighted by Crippen LogP contribution is -2.44. The summed E-state index contributed by atoms with van der Waals surface area (Å²) in [5.74, 6) is -1.71. The third-order valence-corrected chi connectivity index (χ3v) is 4.43. The Kier molecular flexibility index (Phi) is 6.25. The second kappa shape index (κ2) is 8.24. The largest absolute Gasteiger partial charge is 0.481 e. The number of alkyl halides is 3. The van der Waals surface area contributed by atoms with Crippen molar-refractivity contribution < 1.29 is 27.9 Å². The molecule has 0 aliphatic heterocycles. The highest BCUT2D eigenvalue weighted by molar-refractivity contribution is 5.96. The number of carboxylic acids is 1. The average molecular weight is 379 g/mol. The topological polar surface area (TPSA) is 66.4 Å². The molecular formula is C20H20F3NO3. The molecule has 2 N–H and O–H groups in total. The van der Waals surface area contributed by atoms with Crippen molar-refractivity contribution in [1.29, 1.82) is 0 Å². The number of aryl methyl sites for hydroxylation is 1. The van der Waals surface area contributed by atoms with Crippen molar-refractivity contribution in [2.75, 3.05) is 6.54 Å². The fraction of sp³-hybridized carbons (Fsp3) is 0.300. The molecule has 4 nitrogen and oxygen atoms in total. The molecule has 2 aromatic carbocycles. The van der Waals surface area contributed by atoms with Crippen molar-refractivity contribution in [3.05, 3.63) is 71.3 Å². The molecule has 0 spiro atoms. The van der Waals surface area contributed by atoms with Crippen LogP contribution in [-0.4, -0.2) is 29.7 Å². The van der Waals surface area contributed by atoms with Crippen LogP contribution < -0.4 is 5.32 Å². The van der Waals surface area contributed by atoms with Crippen LogP contribution in [0.3, 0.4) is 0 Å². The molecule has 7 heteroatoms. The van der Waals surface area contributed by atoms with Gasteiger partial charge in [0, 0.05) is 18.5 Å². The van der Waals surface area contributed by atoms with Crippen molar-refractivity contribution >= 4 is 11.9 Å². The van der Waals surface area contributed by atoms with E-state index in [1.807, 2.05) is 0 Å². The van der Waals surface area contributed by atoms with E-state index in [1.54, 1.807) is 42.5 Å². The minimum absolute atomic E-state index is 0.113. The normalized spacial score (nSPS) is 13.6. The first-order chi connectivity index (χ1) is 12.6. The van der Waals surface area contributed by atoms with E-state index in [0.717, 1.165) is 0 Å². The van der Waals surface area contributed by atoms with E-state index in [2.05, 4.69) is 5.32 Å². The van der Waals surface area contributed by atoms with Crippen molar-refractivity contribution in [2.45, 2.75) is 31.4 Å². The molecule has 0 aromatic heterocycles. The van der Waals surface area contributed by atoms with Crippen LogP contribution in [-0.2, 0) is 16.6 Å². The number of hydrogen-bond donors (Lipinski definition) is 2. The maximum absolute atomic E-state index is 12.5. The zero-order valence-electron chi connectivity index (χ0n) is 14.7. The Bertz CT molecular complexity index is 806. The van der Waals surface area contributed by atoms with Crippen molar-refractivity contribution in [1.82, 2.24) is 5.32 Å². The van der Waals surface area contributed by atoms with Gasteiger partial charge in [0.05, 0.1) is 0 Å². The van der Waals surface area contributed by atoms with E-state index in [1.165, 1.54) is 19.1 Å². The second-order valence-electron chi connectivity index (χ2n) is 6.46. The first-order valence-corrected chi connectivity index (χ1v) is 8.35. The number of carbonyl (C=O) groups excluding carboxylic acids is 1. The quantitative estimate of drug-likeness (QED) is 0.765. The summed E-state index contributed by atoms with van der Waals surface area (Å²) in [5.41, 5.74) is -0.465. The molecule has 2 aromatic rings. The standard InChI is InChI=1S/C20H20F3NO3/c1-19(18(26)27,15-8-3-2-4-9-15)13-24-17(25)16-10-6-5-7-14(16)11-12-20(21,22)23/h2-10H,11-13H2,1H3,(H,24,25)(H,26,27). The van der Waals surface area contributed by atoms with Gasteiger partial charge in [0.15, 0.2) is 0 Å². The molecule has 0 radical (unpaired) electrons. The Balaban J connectivity index is 2.16. The van der Waals surface area contributed by atoms with Gasteiger partial charge in [0.2, 0.25) is 0 Å². The van der Waals surface area contributed by atoms with Gasteiger partial charge in [0.25, 0.3) is 5.91 Å². The molecule has 0 heterocycles. The van der Waals surface area contributed by atoms with E-state index in [9.17, 15) is 27.9 Å². The zero-order chi connectivity index (χ0) is 20.1. The molecule has 0 aliphatic carbocycles. The van der Waals surface area contributed by atoms with Crippen LogP contribution in [0.25, 0.3) is 0 Å². The second-order valence-corrected chi connectivity index (χ2v) is 6.46. The molecular weight excluding hydrogens is 359 g/mol. The number of aliphatic carboxylic acids is 1. The lowest BCUT2D eigenvalue weighted by molar-refractivity contribution is -0.143. The van der Waals surface area contributed by atoms with Crippen molar-refractivity contribution in [3.63, 3.8) is 0 Å². The predicted octanol–water partition coefficient (Wildman–Crippen LogP) is 3.95. The predicted molar refractivity (Wildman–Crippen MR) is 94.6 cm³/mol. The third-order valence-electron chi connectivity index (χ3n) is 4.43. The number of hydrogen-bond acceptors (Lipinski definition) is 2. The number of halogens is 3. The maximum atomic E-state index is 12.5. The lowest BCUT2D eigenvalue weighted by Gasteiger charge is -2.26. The number of rotatable bonds is 7. The Hall–Kier alpha value is -2.83. The number of amides is 1. The van der Waals surface area contributed by atoms with Crippen LogP contribution in [0.4, 0.5) is 13.2 Å². The summed E-state index contributed by atoms with van der Waals surface area (Å²) < 4.78 is 37.5. The molecule has 0 saturated carbocycles. The van der Waals surface area contributed by atoms with Crippen LogP contribution in [0.15, 0.2) is 54.6 Å². The summed E-state index contributed by atoms with van der Waals surface area (Å²) in [7, 11) is 0. The van der Waals surface area contributed by atoms with Gasteiger partial charge >= 0.3 is 12.1 Å². The highest BCUT2D eigenvalue weighted by atomic mass is 19.4. The Labute approximate surface area is 155 Å². The summed E-state index contributed by atoms with van der Waals surface area (Å²) in [5, 5.41) is 12.2. The minimum Gasteiger partial charge on any atom is -0.481 e. The Morgan fingerprint density at radius 2 is 1.59 bits per heavy atom. The molecule has 27 heavy (non-hydrogen) atoms. The highest BCUT2D eigenvalue weighted by Gasteiger charge is 2.35. The van der Waals surface area contributed by atoms with Gasteiger partial charge in [-0.3, -0.25) is 9.59 Å². The van der Waals surface area contributed by atoms with Crippen LogP contribution in [0.5, 0.6) is 0 Å². The molecule has 2 rings (SSSR count). The molecule has 0 aliphatic rings. The first-order valence-electron chi connectivity index (χ1n) is 8.35. The summed E-state index contributed by atoms with van der Waals surface area (Å²) >= 11 is 0. The summed E-state index contributed by atoms with van der Waals surface area (Å²) in [4.78, 5) is 24.3. The van der Waals surface area contributed by atoms with Crippen LogP contribution in [0.1, 0.15) is 34.8 Å². The third kappa shape index (κ3) is 5.32. The van der Waals surface area contributed by atoms with Gasteiger partial charge in [-0.05, 0) is 30.5 Å². The fourth-order valence-corrected chi connectivity index (χ4v) is 2.70. The number of carbonyl (C=O) groups is 2. The number of carboxylic acid groups (broad SMARTS) is 1. The molecule has 0 bridgehead atoms. The summed E-state index contributed by atoms with van der Waals surface area (Å²) in [6.45, 7) is 1.29. The zero-order valence-corrected chi connectivity index (χ0v) is 14.7. The first kappa shape index (κ1) is 20.5. The van der Waals surface area contributed by atoms with E-state index >= 15 is 0 Å². The summed E-state index contributed by atoms with van der Waals surface area (Å²) in [6, 6.07) is 14.5. The molecule has 0 saturated heterocycles. The number of nitrogens with one attached hydrogen (secondary N) is 1. The monoisotopic (exact) mass is 379 g/mol. The van der Waals surface area contributed by atoms with Gasteiger partial charge in [-0.25, -0.2) is 0 Å². The fourth-order valence-electron chi connectivity index (χ4n) is 2.70. The van der Waals surface area contributed by atoms with Gasteiger partial charge < -0.3 is 10.4 Å². The molecule has 1 unspecified atom stereocenters. The lowest BCUT2D eigenvalue weighted by atomic mass is 9.82. The Morgan fingerprint density at radius 3 is 2.19 bits per heavy atom. The smallest absolute Gasteiger partial charge is 0.389 e. The molecule has 1 atom stereocenters. The van der Waals surface area contributed by atoms with E-state index in [-0.39, 0.29) is 24.1 Å².